The lowest BCUT2D eigenvalue weighted by Crippen LogP contribution is -2.35. The number of hydrogen-bond donors (Lipinski definition) is 4. The van der Waals surface area contributed by atoms with Gasteiger partial charge < -0.3 is 16.0 Å². The summed E-state index contributed by atoms with van der Waals surface area (Å²) in [6.45, 7) is 1.99. The van der Waals surface area contributed by atoms with Crippen LogP contribution in [0.3, 0.4) is 0 Å². The third-order valence-corrected chi connectivity index (χ3v) is 6.91. The third kappa shape index (κ3) is 4.48. The predicted molar refractivity (Wildman–Crippen MR) is 134 cm³/mol. The van der Waals surface area contributed by atoms with E-state index in [2.05, 4.69) is 52.2 Å². The molecule has 2 atom stereocenters. The minimum absolute atomic E-state index is 0.0553. The van der Waals surface area contributed by atoms with E-state index in [0.717, 1.165) is 23.9 Å². The van der Waals surface area contributed by atoms with E-state index < -0.39 is 5.41 Å². The highest BCUT2D eigenvalue weighted by molar-refractivity contribution is 9.10. The Morgan fingerprint density at radius 1 is 1.29 bits per heavy atom. The number of hydrogen-bond acceptors (Lipinski definition) is 7. The normalized spacial score (nSPS) is 19.6. The number of carbonyl (C=O) groups is 2. The number of carbonyl (C=O) groups excluding carboxylic acids is 2. The molecule has 1 aliphatic rings. The van der Waals surface area contributed by atoms with Crippen LogP contribution in [0, 0.1) is 5.41 Å². The van der Waals surface area contributed by atoms with E-state index in [1.807, 2.05) is 25.1 Å². The molecule has 0 spiro atoms. The highest BCUT2D eigenvalue weighted by Gasteiger charge is 2.40. The molecule has 12 heteroatoms. The quantitative estimate of drug-likeness (QED) is 0.295. The summed E-state index contributed by atoms with van der Waals surface area (Å²) in [4.78, 5) is 33.8. The number of fused-ring (bicyclic) bond motifs is 1. The van der Waals surface area contributed by atoms with Gasteiger partial charge in [-0.3, -0.25) is 14.7 Å². The van der Waals surface area contributed by atoms with E-state index in [1.165, 1.54) is 6.20 Å². The van der Waals surface area contributed by atoms with Gasteiger partial charge in [-0.15, -0.1) is 0 Å². The standard InChI is InChI=1S/C23H24BrN9O2/c1-23(21(35)25-2)8-6-14(11-23)29-22-26-12-16-18(24)32-33(19(16)30-22)15-5-3-4-13(10-15)28-20(34)17-7-9-27-31-17/h3-5,7,9-10,12,14H,6,8,11H2,1-2H3,(H,25,35)(H,27,31)(H,28,34)(H,26,29,30)/t14-,23-/m1/s1. The van der Waals surface area contributed by atoms with E-state index >= 15 is 0 Å². The monoisotopic (exact) mass is 537 g/mol. The van der Waals surface area contributed by atoms with Crippen LogP contribution in [0.2, 0.25) is 0 Å². The average molecular weight is 538 g/mol. The van der Waals surface area contributed by atoms with Crippen LogP contribution in [0.4, 0.5) is 11.6 Å². The number of benzene rings is 1. The van der Waals surface area contributed by atoms with Crippen molar-refractivity contribution in [3.8, 4) is 5.69 Å². The molecule has 4 N–H and O–H groups in total. The van der Waals surface area contributed by atoms with Crippen molar-refractivity contribution in [1.29, 1.82) is 0 Å². The minimum Gasteiger partial charge on any atom is -0.359 e. The second-order valence-corrected chi connectivity index (χ2v) is 9.58. The lowest BCUT2D eigenvalue weighted by Gasteiger charge is -2.22. The molecule has 180 valence electrons. The van der Waals surface area contributed by atoms with Crippen LogP contribution in [0.1, 0.15) is 36.7 Å². The average Bonchev–Trinajstić information content (AvgIpc) is 3.59. The third-order valence-electron chi connectivity index (χ3n) is 6.32. The van der Waals surface area contributed by atoms with Gasteiger partial charge in [0.05, 0.1) is 11.1 Å². The zero-order valence-electron chi connectivity index (χ0n) is 19.2. The van der Waals surface area contributed by atoms with Gasteiger partial charge >= 0.3 is 0 Å². The molecule has 0 bridgehead atoms. The summed E-state index contributed by atoms with van der Waals surface area (Å²) in [7, 11) is 1.67. The van der Waals surface area contributed by atoms with Crippen molar-refractivity contribution in [3.63, 3.8) is 0 Å². The van der Waals surface area contributed by atoms with Crippen molar-refractivity contribution in [2.45, 2.75) is 32.2 Å². The van der Waals surface area contributed by atoms with Gasteiger partial charge in [0.1, 0.15) is 10.3 Å². The number of amides is 2. The summed E-state index contributed by atoms with van der Waals surface area (Å²) in [6.07, 6.45) is 5.60. The molecule has 1 saturated carbocycles. The number of anilines is 2. The Hall–Kier alpha value is -3.80. The van der Waals surface area contributed by atoms with E-state index in [9.17, 15) is 9.59 Å². The summed E-state index contributed by atoms with van der Waals surface area (Å²) in [5, 5.41) is 20.8. The van der Waals surface area contributed by atoms with Crippen LogP contribution in [0.25, 0.3) is 16.7 Å². The number of aromatic amines is 1. The number of rotatable bonds is 6. The molecule has 1 aromatic carbocycles. The molecule has 0 radical (unpaired) electrons. The van der Waals surface area contributed by atoms with Crippen molar-refractivity contribution in [2.75, 3.05) is 17.7 Å². The fourth-order valence-corrected chi connectivity index (χ4v) is 4.91. The zero-order valence-corrected chi connectivity index (χ0v) is 20.8. The highest BCUT2D eigenvalue weighted by Crippen LogP contribution is 2.39. The maximum Gasteiger partial charge on any atom is 0.273 e. The fourth-order valence-electron chi connectivity index (χ4n) is 4.47. The van der Waals surface area contributed by atoms with Gasteiger partial charge in [-0.25, -0.2) is 9.67 Å². The van der Waals surface area contributed by atoms with Crippen LogP contribution < -0.4 is 16.0 Å². The van der Waals surface area contributed by atoms with Crippen molar-refractivity contribution < 1.29 is 9.59 Å². The van der Waals surface area contributed by atoms with Gasteiger partial charge in [0, 0.05) is 36.6 Å². The van der Waals surface area contributed by atoms with E-state index in [0.29, 0.717) is 34.0 Å². The topological polar surface area (TPSA) is 143 Å². The van der Waals surface area contributed by atoms with E-state index in [1.54, 1.807) is 30.1 Å². The summed E-state index contributed by atoms with van der Waals surface area (Å²) in [5.74, 6) is 0.237. The van der Waals surface area contributed by atoms with Gasteiger partial charge in [0.2, 0.25) is 11.9 Å². The largest absolute Gasteiger partial charge is 0.359 e. The first-order chi connectivity index (χ1) is 16.9. The fraction of sp³-hybridized carbons (Fsp3) is 0.304. The molecule has 1 aliphatic carbocycles. The Morgan fingerprint density at radius 2 is 2.14 bits per heavy atom. The molecule has 4 aromatic rings. The summed E-state index contributed by atoms with van der Waals surface area (Å²) in [6, 6.07) is 9.02. The maximum absolute atomic E-state index is 12.4. The van der Waals surface area contributed by atoms with Gasteiger partial charge in [-0.1, -0.05) is 13.0 Å². The van der Waals surface area contributed by atoms with E-state index in [-0.39, 0.29) is 17.9 Å². The van der Waals surface area contributed by atoms with Crippen LogP contribution in [0.15, 0.2) is 47.3 Å². The molecular formula is C23H24BrN9O2. The summed E-state index contributed by atoms with van der Waals surface area (Å²) >= 11 is 3.49. The molecule has 0 saturated heterocycles. The first-order valence-corrected chi connectivity index (χ1v) is 12.0. The second-order valence-electron chi connectivity index (χ2n) is 8.83. The maximum atomic E-state index is 12.4. The molecule has 0 unspecified atom stereocenters. The molecule has 3 aromatic heterocycles. The highest BCUT2D eigenvalue weighted by atomic mass is 79.9. The molecular weight excluding hydrogens is 514 g/mol. The SMILES string of the molecule is CNC(=O)[C@]1(C)CC[C@@H](Nc2ncc3c(Br)nn(-c4cccc(NC(=O)c5ccn[nH]5)c4)c3n2)C1. The van der Waals surface area contributed by atoms with Crippen molar-refractivity contribution in [3.05, 3.63) is 53.0 Å². The Labute approximate surface area is 209 Å². The van der Waals surface area contributed by atoms with Crippen molar-refractivity contribution in [2.24, 2.45) is 5.41 Å². The summed E-state index contributed by atoms with van der Waals surface area (Å²) in [5.41, 5.74) is 1.90. The Morgan fingerprint density at radius 3 is 2.91 bits per heavy atom. The second kappa shape index (κ2) is 9.10. The van der Waals surface area contributed by atoms with Crippen LogP contribution in [-0.4, -0.2) is 54.8 Å². The van der Waals surface area contributed by atoms with Gasteiger partial charge in [-0.2, -0.15) is 15.2 Å². The Balaban J connectivity index is 1.40. The van der Waals surface area contributed by atoms with Crippen molar-refractivity contribution >= 4 is 50.4 Å². The Bertz CT molecular complexity index is 1400. The number of nitrogens with zero attached hydrogens (tertiary/aromatic N) is 5. The van der Waals surface area contributed by atoms with Crippen LogP contribution in [0.5, 0.6) is 0 Å². The van der Waals surface area contributed by atoms with Crippen molar-refractivity contribution in [1.82, 2.24) is 35.3 Å². The van der Waals surface area contributed by atoms with Crippen LogP contribution >= 0.6 is 15.9 Å². The molecule has 2 amide bonds. The number of halogens is 1. The number of nitrogens with one attached hydrogen (secondary N) is 4. The molecule has 5 rings (SSSR count). The molecule has 35 heavy (non-hydrogen) atoms. The van der Waals surface area contributed by atoms with Gasteiger partial charge in [0.15, 0.2) is 5.65 Å². The lowest BCUT2D eigenvalue weighted by molar-refractivity contribution is -0.129. The molecule has 3 heterocycles. The minimum atomic E-state index is -0.400. The summed E-state index contributed by atoms with van der Waals surface area (Å²) < 4.78 is 2.31. The van der Waals surface area contributed by atoms with Gasteiger partial charge in [-0.05, 0) is 59.5 Å². The Kier molecular flexibility index (Phi) is 5.97. The number of H-pyrrole nitrogens is 1. The first kappa shape index (κ1) is 23.0. The molecule has 0 aliphatic heterocycles. The lowest BCUT2D eigenvalue weighted by atomic mass is 9.87. The first-order valence-electron chi connectivity index (χ1n) is 11.2. The number of aromatic nitrogens is 6. The smallest absolute Gasteiger partial charge is 0.273 e. The molecule has 11 nitrogen and oxygen atoms in total. The van der Waals surface area contributed by atoms with E-state index in [4.69, 9.17) is 4.98 Å². The van der Waals surface area contributed by atoms with Gasteiger partial charge in [0.25, 0.3) is 5.91 Å². The zero-order chi connectivity index (χ0) is 24.6. The predicted octanol–water partition coefficient (Wildman–Crippen LogP) is 3.27. The molecule has 1 fully saturated rings. The van der Waals surface area contributed by atoms with Crippen LogP contribution in [-0.2, 0) is 4.79 Å².